The Hall–Kier alpha value is 0.570. The second kappa shape index (κ2) is 11.3. The molecule has 0 radical (unpaired) electrons. The minimum absolute atomic E-state index is 0.0381. The zero-order chi connectivity index (χ0) is 18.9. The molecule has 0 fully saturated rings. The molecule has 0 aliphatic rings. The van der Waals surface area contributed by atoms with E-state index in [0.29, 0.717) is 37.0 Å². The van der Waals surface area contributed by atoms with Crippen molar-refractivity contribution in [3.63, 3.8) is 0 Å². The topological polar surface area (TPSA) is 78.9 Å². The first-order chi connectivity index (χ1) is 11.1. The van der Waals surface area contributed by atoms with Crippen LogP contribution in [0.3, 0.4) is 0 Å². The van der Waals surface area contributed by atoms with E-state index in [-0.39, 0.29) is 13.2 Å². The van der Waals surface area contributed by atoms with E-state index in [1.807, 2.05) is 41.5 Å². The maximum Gasteiger partial charge on any atom is 0.203 e. The maximum atomic E-state index is 12.6. The molecule has 0 aromatic rings. The van der Waals surface area contributed by atoms with Crippen molar-refractivity contribution in [2.75, 3.05) is 50.2 Å². The van der Waals surface area contributed by atoms with Crippen LogP contribution in [0.25, 0.3) is 0 Å². The molecule has 0 heterocycles. The molecule has 0 aliphatic heterocycles. The van der Waals surface area contributed by atoms with Gasteiger partial charge < -0.3 is 13.6 Å². The summed E-state index contributed by atoms with van der Waals surface area (Å²) in [4.78, 5) is 0. The lowest BCUT2D eigenvalue weighted by atomic mass is 10.4. The zero-order valence-corrected chi connectivity index (χ0v) is 18.7. The van der Waals surface area contributed by atoms with Crippen LogP contribution in [-0.4, -0.2) is 56.3 Å². The molecule has 0 aliphatic carbocycles. The molecule has 0 aromatic heterocycles. The van der Waals surface area contributed by atoms with Crippen LogP contribution in [0.2, 0.25) is 0 Å². The highest BCUT2D eigenvalue weighted by Gasteiger charge is 2.29. The van der Waals surface area contributed by atoms with Crippen molar-refractivity contribution in [3.05, 3.63) is 0 Å². The van der Waals surface area contributed by atoms with Crippen LogP contribution in [0.1, 0.15) is 41.5 Å². The molecule has 0 aromatic carbocycles. The fraction of sp³-hybridized carbons (Fsp3) is 1.00. The second-order valence-electron chi connectivity index (χ2n) is 5.66. The quantitative estimate of drug-likeness (QED) is 0.363. The highest BCUT2D eigenvalue weighted by molar-refractivity contribution is 7.59. The third-order valence-electron chi connectivity index (χ3n) is 4.22. The molecule has 0 saturated heterocycles. The van der Waals surface area contributed by atoms with Gasteiger partial charge >= 0.3 is 0 Å². The van der Waals surface area contributed by atoms with E-state index in [1.165, 1.54) is 0 Å². The Morgan fingerprint density at radius 3 is 1.12 bits per heavy atom. The monoisotopic (exact) mass is 404 g/mol. The van der Waals surface area contributed by atoms with Gasteiger partial charge in [0.15, 0.2) is 0 Å². The molecule has 6 nitrogen and oxygen atoms in total. The van der Waals surface area contributed by atoms with E-state index >= 15 is 0 Å². The molecule has 0 N–H and O–H groups in total. The Morgan fingerprint density at radius 2 is 0.875 bits per heavy atom. The lowest BCUT2D eigenvalue weighted by Gasteiger charge is -2.26. The minimum atomic E-state index is -2.77. The van der Waals surface area contributed by atoms with E-state index in [1.54, 1.807) is 0 Å². The van der Waals surface area contributed by atoms with Crippen LogP contribution in [0, 0.1) is 0 Å². The van der Waals surface area contributed by atoms with Gasteiger partial charge in [-0.2, -0.15) is 0 Å². The first-order valence-corrected chi connectivity index (χ1v) is 14.9. The van der Waals surface area contributed by atoms with Gasteiger partial charge in [-0.05, 0) is 0 Å². The van der Waals surface area contributed by atoms with Gasteiger partial charge in [0.2, 0.25) is 22.1 Å². The number of hydrogen-bond donors (Lipinski definition) is 0. The number of rotatable bonds is 14. The first kappa shape index (κ1) is 24.6. The highest BCUT2D eigenvalue weighted by atomic mass is 31.2. The Morgan fingerprint density at radius 1 is 0.583 bits per heavy atom. The average molecular weight is 404 g/mol. The minimum Gasteiger partial charge on any atom is -0.326 e. The van der Waals surface area contributed by atoms with Crippen LogP contribution in [0.5, 0.6) is 0 Å². The SMILES string of the molecule is CCP(=O)(CC)OCC(COP(=O)(CC)CC)OP(=O)(CC)CC. The second-order valence-corrected chi connectivity index (χ2v) is 15.1. The number of hydrogen-bond acceptors (Lipinski definition) is 6. The van der Waals surface area contributed by atoms with Crippen molar-refractivity contribution < 1.29 is 27.3 Å². The molecule has 0 saturated carbocycles. The summed E-state index contributed by atoms with van der Waals surface area (Å²) in [6.07, 6.45) is 1.97. The van der Waals surface area contributed by atoms with Gasteiger partial charge in [-0.1, -0.05) is 41.5 Å². The molecular weight excluding hydrogens is 369 g/mol. The van der Waals surface area contributed by atoms with Crippen molar-refractivity contribution in [1.29, 1.82) is 0 Å². The van der Waals surface area contributed by atoms with E-state index in [9.17, 15) is 13.7 Å². The van der Waals surface area contributed by atoms with Crippen LogP contribution >= 0.6 is 22.1 Å². The maximum absolute atomic E-state index is 12.6. The Balaban J connectivity index is 5.05. The van der Waals surface area contributed by atoms with Crippen molar-refractivity contribution >= 4 is 22.1 Å². The third kappa shape index (κ3) is 8.30. The predicted octanol–water partition coefficient (Wildman–Crippen LogP) is 5.36. The van der Waals surface area contributed by atoms with Crippen LogP contribution in [0.4, 0.5) is 0 Å². The van der Waals surface area contributed by atoms with Gasteiger partial charge in [0.25, 0.3) is 0 Å². The normalized spacial score (nSPS) is 13.6. The molecule has 9 heteroatoms. The first-order valence-electron chi connectivity index (χ1n) is 8.87. The van der Waals surface area contributed by atoms with E-state index in [4.69, 9.17) is 13.6 Å². The largest absolute Gasteiger partial charge is 0.326 e. The van der Waals surface area contributed by atoms with Crippen LogP contribution < -0.4 is 0 Å². The Labute approximate surface area is 147 Å². The smallest absolute Gasteiger partial charge is 0.203 e. The van der Waals surface area contributed by atoms with Gasteiger partial charge in [-0.25, -0.2) is 0 Å². The van der Waals surface area contributed by atoms with E-state index < -0.39 is 28.2 Å². The predicted molar refractivity (Wildman–Crippen MR) is 103 cm³/mol. The van der Waals surface area contributed by atoms with Crippen molar-refractivity contribution in [2.45, 2.75) is 47.6 Å². The van der Waals surface area contributed by atoms with Crippen LogP contribution in [-0.2, 0) is 27.3 Å². The highest BCUT2D eigenvalue weighted by Crippen LogP contribution is 2.51. The fourth-order valence-corrected chi connectivity index (χ4v) is 5.91. The summed E-state index contributed by atoms with van der Waals surface area (Å²) in [6, 6.07) is 0. The summed E-state index contributed by atoms with van der Waals surface area (Å²) >= 11 is 0. The Bertz CT molecular complexity index is 440. The third-order valence-corrected chi connectivity index (χ3v) is 11.9. The lowest BCUT2D eigenvalue weighted by Crippen LogP contribution is -2.25. The van der Waals surface area contributed by atoms with Crippen molar-refractivity contribution in [3.8, 4) is 0 Å². The molecular formula is C15H35O6P3. The molecule has 0 spiro atoms. The van der Waals surface area contributed by atoms with Crippen LogP contribution in [0.15, 0.2) is 0 Å². The van der Waals surface area contributed by atoms with Gasteiger partial charge in [0, 0.05) is 37.0 Å². The van der Waals surface area contributed by atoms with E-state index in [2.05, 4.69) is 0 Å². The summed E-state index contributed by atoms with van der Waals surface area (Å²) in [5.41, 5.74) is 0. The fourth-order valence-electron chi connectivity index (χ4n) is 2.00. The molecule has 0 amide bonds. The Kier molecular flexibility index (Phi) is 11.6. The van der Waals surface area contributed by atoms with E-state index in [0.717, 1.165) is 0 Å². The molecule has 0 bridgehead atoms. The van der Waals surface area contributed by atoms with Crippen molar-refractivity contribution in [2.24, 2.45) is 0 Å². The molecule has 0 rings (SSSR count). The standard InChI is InChI=1S/C15H35O6P3/c1-7-22(16,8-2)19-13-15(21-24(18,11-5)12-6)14-20-23(17,9-3)10-4/h15H,7-14H2,1-6H3. The average Bonchev–Trinajstić information content (AvgIpc) is 2.63. The lowest BCUT2D eigenvalue weighted by molar-refractivity contribution is 0.0857. The van der Waals surface area contributed by atoms with Gasteiger partial charge in [0.1, 0.15) is 6.10 Å². The molecule has 0 atom stereocenters. The summed E-state index contributed by atoms with van der Waals surface area (Å²) < 4.78 is 54.4. The van der Waals surface area contributed by atoms with Gasteiger partial charge in [-0.15, -0.1) is 0 Å². The molecule has 24 heavy (non-hydrogen) atoms. The van der Waals surface area contributed by atoms with Gasteiger partial charge in [0.05, 0.1) is 13.2 Å². The summed E-state index contributed by atoms with van der Waals surface area (Å²) in [5.74, 6) is 0. The van der Waals surface area contributed by atoms with Gasteiger partial charge in [-0.3, -0.25) is 13.7 Å². The molecule has 0 unspecified atom stereocenters. The summed E-state index contributed by atoms with van der Waals surface area (Å²) in [6.45, 7) is 11.0. The summed E-state index contributed by atoms with van der Waals surface area (Å²) in [5, 5.41) is 0. The zero-order valence-electron chi connectivity index (χ0n) is 16.0. The van der Waals surface area contributed by atoms with Crippen molar-refractivity contribution in [1.82, 2.24) is 0 Å². The summed E-state index contributed by atoms with van der Waals surface area (Å²) in [7, 11) is -8.15. The molecule has 146 valence electrons.